The van der Waals surface area contributed by atoms with Crippen LogP contribution in [0.25, 0.3) is 5.69 Å². The van der Waals surface area contributed by atoms with E-state index in [0.29, 0.717) is 0 Å². The summed E-state index contributed by atoms with van der Waals surface area (Å²) in [7, 11) is 0. The Bertz CT molecular complexity index is 817. The number of amides is 1. The van der Waals surface area contributed by atoms with Gasteiger partial charge in [0.05, 0.1) is 11.3 Å². The first-order chi connectivity index (χ1) is 12.5. The number of carbonyl (C=O) groups is 1. The summed E-state index contributed by atoms with van der Waals surface area (Å²) < 4.78 is 1.99. The Morgan fingerprint density at radius 2 is 2.15 bits per heavy atom. The van der Waals surface area contributed by atoms with Crippen molar-refractivity contribution >= 4 is 17.7 Å². The molecule has 0 bridgehead atoms. The molecule has 5 nitrogen and oxygen atoms in total. The molecule has 1 N–H and O–H groups in total. The minimum Gasteiger partial charge on any atom is -0.337 e. The molecule has 0 aliphatic heterocycles. The van der Waals surface area contributed by atoms with Gasteiger partial charge in [0.1, 0.15) is 5.54 Å². The number of benzene rings is 1. The third-order valence-corrected chi connectivity index (χ3v) is 5.90. The molecule has 2 aromatic rings. The number of hydrogen-bond acceptors (Lipinski definition) is 4. The van der Waals surface area contributed by atoms with E-state index in [1.807, 2.05) is 29.8 Å². The quantitative estimate of drug-likeness (QED) is 0.810. The van der Waals surface area contributed by atoms with Crippen LogP contribution in [0.1, 0.15) is 44.6 Å². The predicted octanol–water partition coefficient (Wildman–Crippen LogP) is 4.00. The first-order valence-electron chi connectivity index (χ1n) is 9.03. The Kier molecular flexibility index (Phi) is 5.67. The summed E-state index contributed by atoms with van der Waals surface area (Å²) in [4.78, 5) is 17.1. The van der Waals surface area contributed by atoms with Crippen LogP contribution in [0.15, 0.2) is 41.8 Å². The van der Waals surface area contributed by atoms with Crippen LogP contribution in [0.3, 0.4) is 0 Å². The normalized spacial score (nSPS) is 17.3. The molecule has 6 heteroatoms. The maximum absolute atomic E-state index is 12.7. The van der Waals surface area contributed by atoms with E-state index < -0.39 is 5.54 Å². The minimum absolute atomic E-state index is 0.0998. The molecule has 26 heavy (non-hydrogen) atoms. The lowest BCUT2D eigenvalue weighted by Gasteiger charge is -2.32. The smallest absolute Gasteiger partial charge is 0.234 e. The summed E-state index contributed by atoms with van der Waals surface area (Å²) in [5, 5.41) is 13.0. The molecule has 0 saturated heterocycles. The van der Waals surface area contributed by atoms with Gasteiger partial charge in [-0.1, -0.05) is 43.2 Å². The number of nitrogens with zero attached hydrogens (tertiary/aromatic N) is 3. The van der Waals surface area contributed by atoms with Gasteiger partial charge in [0.15, 0.2) is 5.16 Å². The van der Waals surface area contributed by atoms with Gasteiger partial charge in [-0.3, -0.25) is 9.36 Å². The molecule has 3 rings (SSSR count). The van der Waals surface area contributed by atoms with Gasteiger partial charge in [-0.25, -0.2) is 4.98 Å². The zero-order valence-corrected chi connectivity index (χ0v) is 16.1. The van der Waals surface area contributed by atoms with Gasteiger partial charge >= 0.3 is 0 Å². The highest BCUT2D eigenvalue weighted by atomic mass is 32.2. The van der Waals surface area contributed by atoms with Crippen molar-refractivity contribution in [3.05, 3.63) is 42.2 Å². The number of rotatable bonds is 5. The lowest BCUT2D eigenvalue weighted by molar-refractivity contribution is -0.121. The molecule has 1 unspecified atom stereocenters. The SMILES string of the molecule is Cc1cccc(-n2ccnc2SC(C)C(=O)NC2(C#N)CCCCC2)c1. The fourth-order valence-electron chi connectivity index (χ4n) is 3.32. The number of imidazole rings is 1. The van der Waals surface area contributed by atoms with Gasteiger partial charge in [-0.15, -0.1) is 0 Å². The van der Waals surface area contributed by atoms with Crippen LogP contribution < -0.4 is 5.32 Å². The van der Waals surface area contributed by atoms with E-state index in [1.54, 1.807) is 6.20 Å². The molecular formula is C20H24N4OS. The molecule has 1 atom stereocenters. The van der Waals surface area contributed by atoms with Gasteiger partial charge in [0.25, 0.3) is 0 Å². The van der Waals surface area contributed by atoms with Gasteiger partial charge in [0.2, 0.25) is 5.91 Å². The van der Waals surface area contributed by atoms with Crippen molar-refractivity contribution in [3.63, 3.8) is 0 Å². The second-order valence-electron chi connectivity index (χ2n) is 6.92. The van der Waals surface area contributed by atoms with E-state index in [-0.39, 0.29) is 11.2 Å². The van der Waals surface area contributed by atoms with Crippen LogP contribution in [0, 0.1) is 18.3 Å². The van der Waals surface area contributed by atoms with Crippen molar-refractivity contribution in [2.45, 2.75) is 61.9 Å². The summed E-state index contributed by atoms with van der Waals surface area (Å²) in [6, 6.07) is 10.5. The van der Waals surface area contributed by atoms with Crippen LogP contribution in [-0.4, -0.2) is 26.2 Å². The zero-order valence-electron chi connectivity index (χ0n) is 15.2. The Balaban J connectivity index is 1.71. The fraction of sp³-hybridized carbons (Fsp3) is 0.450. The second-order valence-corrected chi connectivity index (χ2v) is 8.23. The third kappa shape index (κ3) is 4.10. The monoisotopic (exact) mass is 368 g/mol. The number of nitrogens with one attached hydrogen (secondary N) is 1. The largest absolute Gasteiger partial charge is 0.337 e. The van der Waals surface area contributed by atoms with Crippen molar-refractivity contribution < 1.29 is 4.79 Å². The van der Waals surface area contributed by atoms with Crippen LogP contribution >= 0.6 is 11.8 Å². The molecule has 1 aromatic heterocycles. The second kappa shape index (κ2) is 7.96. The lowest BCUT2D eigenvalue weighted by Crippen LogP contribution is -2.50. The first kappa shape index (κ1) is 18.5. The van der Waals surface area contributed by atoms with E-state index in [2.05, 4.69) is 35.4 Å². The van der Waals surface area contributed by atoms with Crippen LogP contribution in [0.5, 0.6) is 0 Å². The Hall–Kier alpha value is -2.26. The lowest BCUT2D eigenvalue weighted by atomic mass is 9.83. The van der Waals surface area contributed by atoms with Crippen molar-refractivity contribution in [1.29, 1.82) is 5.26 Å². The molecule has 1 heterocycles. The summed E-state index contributed by atoms with van der Waals surface area (Å²) >= 11 is 1.41. The van der Waals surface area contributed by atoms with E-state index in [9.17, 15) is 10.1 Å². The summed E-state index contributed by atoms with van der Waals surface area (Å²) in [6.07, 6.45) is 8.25. The van der Waals surface area contributed by atoms with E-state index >= 15 is 0 Å². The molecule has 1 fully saturated rings. The maximum atomic E-state index is 12.7. The molecular weight excluding hydrogens is 344 g/mol. The van der Waals surface area contributed by atoms with Gasteiger partial charge < -0.3 is 5.32 Å². The highest BCUT2D eigenvalue weighted by Crippen LogP contribution is 2.29. The minimum atomic E-state index is -0.698. The summed E-state index contributed by atoms with van der Waals surface area (Å²) in [5.74, 6) is -0.0998. The number of hydrogen-bond donors (Lipinski definition) is 1. The number of aryl methyl sites for hydroxylation is 1. The molecule has 1 aliphatic carbocycles. The molecule has 136 valence electrons. The molecule has 1 saturated carbocycles. The zero-order chi connectivity index (χ0) is 18.6. The third-order valence-electron chi connectivity index (χ3n) is 4.82. The average Bonchev–Trinajstić information content (AvgIpc) is 3.10. The maximum Gasteiger partial charge on any atom is 0.234 e. The van der Waals surface area contributed by atoms with Crippen LogP contribution in [0.4, 0.5) is 0 Å². The van der Waals surface area contributed by atoms with Crippen molar-refractivity contribution in [1.82, 2.24) is 14.9 Å². The van der Waals surface area contributed by atoms with Crippen LogP contribution in [0.2, 0.25) is 0 Å². The van der Waals surface area contributed by atoms with Crippen molar-refractivity contribution in [2.24, 2.45) is 0 Å². The van der Waals surface area contributed by atoms with Crippen LogP contribution in [-0.2, 0) is 4.79 Å². The standard InChI is InChI=1S/C20H24N4OS/c1-15-7-6-8-17(13-15)24-12-11-22-19(24)26-16(2)18(25)23-20(14-21)9-4-3-5-10-20/h6-8,11-13,16H,3-5,9-10H2,1-2H3,(H,23,25). The molecule has 0 spiro atoms. The molecule has 1 aliphatic rings. The number of nitriles is 1. The van der Waals surface area contributed by atoms with E-state index in [1.165, 1.54) is 17.3 Å². The average molecular weight is 369 g/mol. The highest BCUT2D eigenvalue weighted by Gasteiger charge is 2.35. The Labute approximate surface area is 158 Å². The number of thioether (sulfide) groups is 1. The van der Waals surface area contributed by atoms with E-state index in [0.717, 1.165) is 42.9 Å². The molecule has 1 amide bonds. The summed E-state index contributed by atoms with van der Waals surface area (Å²) in [6.45, 7) is 3.91. The van der Waals surface area contributed by atoms with Gasteiger partial charge in [0, 0.05) is 18.1 Å². The topological polar surface area (TPSA) is 70.7 Å². The van der Waals surface area contributed by atoms with E-state index in [4.69, 9.17) is 0 Å². The summed E-state index contributed by atoms with van der Waals surface area (Å²) in [5.41, 5.74) is 1.50. The van der Waals surface area contributed by atoms with Crippen molar-refractivity contribution in [2.75, 3.05) is 0 Å². The van der Waals surface area contributed by atoms with Gasteiger partial charge in [-0.05, 0) is 44.4 Å². The fourth-order valence-corrected chi connectivity index (χ4v) is 4.20. The number of carbonyl (C=O) groups excluding carboxylic acids is 1. The highest BCUT2D eigenvalue weighted by molar-refractivity contribution is 8.00. The Morgan fingerprint density at radius 3 is 2.85 bits per heavy atom. The van der Waals surface area contributed by atoms with Crippen molar-refractivity contribution in [3.8, 4) is 11.8 Å². The molecule has 0 radical (unpaired) electrons. The predicted molar refractivity (Wildman–Crippen MR) is 103 cm³/mol. The van der Waals surface area contributed by atoms with Gasteiger partial charge in [-0.2, -0.15) is 5.26 Å². The first-order valence-corrected chi connectivity index (χ1v) is 9.91. The number of aromatic nitrogens is 2. The molecule has 1 aromatic carbocycles. The Morgan fingerprint density at radius 1 is 1.38 bits per heavy atom.